The molecule has 1 unspecified atom stereocenters. The van der Waals surface area contributed by atoms with Crippen molar-refractivity contribution in [1.82, 2.24) is 19.7 Å². The fourth-order valence-electron chi connectivity index (χ4n) is 3.40. The molecule has 0 bridgehead atoms. The number of rotatable bonds is 5. The Kier molecular flexibility index (Phi) is 4.92. The standard InChI is InChI=1S/C18H19N5O5S/c1-21-9-14(8-19-21)17-12-29(26,27)7-6-22(17)10-15-11-28-18(20-15)13-2-4-16(5-3-13)23(24)25/h2-5,8-9,11,17H,6-7,10,12H2,1H3. The first-order chi connectivity index (χ1) is 13.8. The highest BCUT2D eigenvalue weighted by atomic mass is 32.2. The SMILES string of the molecule is Cn1cc(C2CS(=O)(=O)CCN2Cc2coc(-c3ccc([N+](=O)[O-])cc3)n2)cn1. The minimum absolute atomic E-state index is 0.00521. The number of non-ortho nitro benzene ring substituents is 1. The Balaban J connectivity index is 1.54. The summed E-state index contributed by atoms with van der Waals surface area (Å²) in [5.74, 6) is 0.486. The lowest BCUT2D eigenvalue weighted by molar-refractivity contribution is -0.384. The van der Waals surface area contributed by atoms with Crippen LogP contribution in [0.15, 0.2) is 47.3 Å². The maximum Gasteiger partial charge on any atom is 0.269 e. The summed E-state index contributed by atoms with van der Waals surface area (Å²) in [5, 5.41) is 14.9. The second kappa shape index (κ2) is 7.41. The van der Waals surface area contributed by atoms with Gasteiger partial charge in [0.2, 0.25) is 5.89 Å². The molecule has 29 heavy (non-hydrogen) atoms. The Hall–Kier alpha value is -3.05. The van der Waals surface area contributed by atoms with Crippen molar-refractivity contribution in [2.75, 3.05) is 18.1 Å². The van der Waals surface area contributed by atoms with E-state index in [9.17, 15) is 18.5 Å². The third-order valence-electron chi connectivity index (χ3n) is 4.89. The molecule has 1 fully saturated rings. The number of benzene rings is 1. The average Bonchev–Trinajstić information content (AvgIpc) is 3.32. The monoisotopic (exact) mass is 417 g/mol. The fourth-order valence-corrected chi connectivity index (χ4v) is 4.96. The van der Waals surface area contributed by atoms with Gasteiger partial charge in [0.15, 0.2) is 9.84 Å². The Bertz CT molecular complexity index is 1140. The van der Waals surface area contributed by atoms with Gasteiger partial charge < -0.3 is 4.42 Å². The molecule has 1 aromatic carbocycles. The third-order valence-corrected chi connectivity index (χ3v) is 6.52. The van der Waals surface area contributed by atoms with Crippen LogP contribution in [0.1, 0.15) is 17.3 Å². The summed E-state index contributed by atoms with van der Waals surface area (Å²) in [6.45, 7) is 0.813. The van der Waals surface area contributed by atoms with Crippen molar-refractivity contribution in [3.63, 3.8) is 0 Å². The van der Waals surface area contributed by atoms with Crippen LogP contribution in [0.25, 0.3) is 11.5 Å². The molecule has 1 aliphatic heterocycles. The van der Waals surface area contributed by atoms with E-state index in [4.69, 9.17) is 4.42 Å². The molecule has 0 aliphatic carbocycles. The number of oxazole rings is 1. The topological polar surface area (TPSA) is 124 Å². The molecule has 3 aromatic rings. The fraction of sp³-hybridized carbons (Fsp3) is 0.333. The van der Waals surface area contributed by atoms with E-state index in [0.717, 1.165) is 5.56 Å². The van der Waals surface area contributed by atoms with Gasteiger partial charge in [0.05, 0.1) is 34.4 Å². The van der Waals surface area contributed by atoms with Crippen molar-refractivity contribution in [2.45, 2.75) is 12.6 Å². The maximum absolute atomic E-state index is 12.2. The highest BCUT2D eigenvalue weighted by molar-refractivity contribution is 7.91. The number of hydrogen-bond acceptors (Lipinski definition) is 8. The lowest BCUT2D eigenvalue weighted by atomic mass is 10.1. The quantitative estimate of drug-likeness (QED) is 0.456. The van der Waals surface area contributed by atoms with Crippen molar-refractivity contribution < 1.29 is 17.8 Å². The van der Waals surface area contributed by atoms with Gasteiger partial charge in [-0.2, -0.15) is 5.10 Å². The highest BCUT2D eigenvalue weighted by Crippen LogP contribution is 2.29. The molecular formula is C18H19N5O5S. The zero-order valence-electron chi connectivity index (χ0n) is 15.6. The number of sulfone groups is 1. The molecule has 0 N–H and O–H groups in total. The van der Waals surface area contributed by atoms with Crippen LogP contribution in [-0.4, -0.2) is 51.1 Å². The number of aryl methyl sites for hydroxylation is 1. The second-order valence-electron chi connectivity index (χ2n) is 7.00. The molecular weight excluding hydrogens is 398 g/mol. The van der Waals surface area contributed by atoms with Gasteiger partial charge in [-0.25, -0.2) is 13.4 Å². The average molecular weight is 417 g/mol. The number of nitrogens with zero attached hydrogens (tertiary/aromatic N) is 5. The predicted molar refractivity (Wildman–Crippen MR) is 104 cm³/mol. The van der Waals surface area contributed by atoms with Crippen molar-refractivity contribution in [3.8, 4) is 11.5 Å². The van der Waals surface area contributed by atoms with Gasteiger partial charge in [0.1, 0.15) is 6.26 Å². The van der Waals surface area contributed by atoms with Crippen LogP contribution in [0.2, 0.25) is 0 Å². The van der Waals surface area contributed by atoms with Crippen molar-refractivity contribution in [1.29, 1.82) is 0 Å². The third kappa shape index (κ3) is 4.20. The molecule has 2 aromatic heterocycles. The second-order valence-corrected chi connectivity index (χ2v) is 9.22. The molecule has 11 heteroatoms. The molecule has 0 saturated carbocycles. The first-order valence-corrected chi connectivity index (χ1v) is 10.7. The maximum atomic E-state index is 12.2. The molecule has 1 atom stereocenters. The zero-order valence-corrected chi connectivity index (χ0v) is 16.4. The van der Waals surface area contributed by atoms with Crippen LogP contribution >= 0.6 is 0 Å². The lowest BCUT2D eigenvalue weighted by Crippen LogP contribution is -2.42. The zero-order chi connectivity index (χ0) is 20.6. The molecule has 1 aliphatic rings. The van der Waals surface area contributed by atoms with Crippen LogP contribution < -0.4 is 0 Å². The molecule has 0 radical (unpaired) electrons. The first-order valence-electron chi connectivity index (χ1n) is 8.93. The summed E-state index contributed by atoms with van der Waals surface area (Å²) in [7, 11) is -1.33. The summed E-state index contributed by atoms with van der Waals surface area (Å²) < 4.78 is 31.5. The highest BCUT2D eigenvalue weighted by Gasteiger charge is 2.33. The van der Waals surface area contributed by atoms with Gasteiger partial charge in [-0.05, 0) is 12.1 Å². The van der Waals surface area contributed by atoms with E-state index in [2.05, 4.69) is 15.0 Å². The van der Waals surface area contributed by atoms with Crippen LogP contribution in [0.3, 0.4) is 0 Å². The van der Waals surface area contributed by atoms with E-state index in [1.165, 1.54) is 18.4 Å². The summed E-state index contributed by atoms with van der Waals surface area (Å²) >= 11 is 0. The van der Waals surface area contributed by atoms with E-state index in [1.807, 2.05) is 6.20 Å². The van der Waals surface area contributed by atoms with Gasteiger partial charge in [-0.15, -0.1) is 0 Å². The predicted octanol–water partition coefficient (Wildman–Crippen LogP) is 1.95. The molecule has 3 heterocycles. The van der Waals surface area contributed by atoms with Crippen LogP contribution in [0, 0.1) is 10.1 Å². The normalized spacial score (nSPS) is 19.3. The van der Waals surface area contributed by atoms with Gasteiger partial charge >= 0.3 is 0 Å². The van der Waals surface area contributed by atoms with Gasteiger partial charge in [0.25, 0.3) is 5.69 Å². The van der Waals surface area contributed by atoms with E-state index < -0.39 is 14.8 Å². The summed E-state index contributed by atoms with van der Waals surface area (Å²) in [4.78, 5) is 16.8. The van der Waals surface area contributed by atoms with Crippen LogP contribution in [0.4, 0.5) is 5.69 Å². The largest absolute Gasteiger partial charge is 0.444 e. The number of nitro benzene ring substituents is 1. The Morgan fingerprint density at radius 3 is 2.72 bits per heavy atom. The van der Waals surface area contributed by atoms with Crippen molar-refractivity contribution >= 4 is 15.5 Å². The van der Waals surface area contributed by atoms with Gasteiger partial charge in [-0.3, -0.25) is 19.7 Å². The lowest BCUT2D eigenvalue weighted by Gasteiger charge is -2.34. The molecule has 0 spiro atoms. The molecule has 4 rings (SSSR count). The van der Waals surface area contributed by atoms with Crippen LogP contribution in [-0.2, 0) is 23.4 Å². The van der Waals surface area contributed by atoms with Crippen molar-refractivity contribution in [2.24, 2.45) is 7.05 Å². The number of hydrogen-bond donors (Lipinski definition) is 0. The molecule has 10 nitrogen and oxygen atoms in total. The van der Waals surface area contributed by atoms with E-state index in [0.29, 0.717) is 30.2 Å². The molecule has 1 saturated heterocycles. The van der Waals surface area contributed by atoms with Gasteiger partial charge in [-0.1, -0.05) is 0 Å². The minimum atomic E-state index is -3.12. The summed E-state index contributed by atoms with van der Waals surface area (Å²) in [5.41, 5.74) is 2.13. The summed E-state index contributed by atoms with van der Waals surface area (Å²) in [6.07, 6.45) is 5.04. The van der Waals surface area contributed by atoms with Crippen molar-refractivity contribution in [3.05, 3.63) is 64.3 Å². The van der Waals surface area contributed by atoms with E-state index in [1.54, 1.807) is 30.1 Å². The molecule has 152 valence electrons. The summed E-state index contributed by atoms with van der Waals surface area (Å²) in [6, 6.07) is 5.65. The Morgan fingerprint density at radius 2 is 2.07 bits per heavy atom. The first kappa shape index (κ1) is 19.3. The van der Waals surface area contributed by atoms with E-state index in [-0.39, 0.29) is 23.2 Å². The molecule has 0 amide bonds. The van der Waals surface area contributed by atoms with E-state index >= 15 is 0 Å². The Labute approximate surface area is 166 Å². The Morgan fingerprint density at radius 1 is 1.31 bits per heavy atom. The van der Waals surface area contributed by atoms with Crippen LogP contribution in [0.5, 0.6) is 0 Å². The minimum Gasteiger partial charge on any atom is -0.444 e. The number of nitro groups is 1. The smallest absolute Gasteiger partial charge is 0.269 e. The number of aromatic nitrogens is 3. The van der Waals surface area contributed by atoms with Gasteiger partial charge in [0, 0.05) is 49.6 Å².